The highest BCUT2D eigenvalue weighted by molar-refractivity contribution is 7.98. The highest BCUT2D eigenvalue weighted by atomic mass is 35.5. The second kappa shape index (κ2) is 9.27. The molecule has 4 nitrogen and oxygen atoms in total. The Morgan fingerprint density at radius 1 is 1.18 bits per heavy atom. The van der Waals surface area contributed by atoms with Gasteiger partial charge in [0.15, 0.2) is 5.13 Å². The Hall–Kier alpha value is -1.60. The van der Waals surface area contributed by atoms with Gasteiger partial charge in [0.05, 0.1) is 16.6 Å². The molecule has 1 heterocycles. The maximum atomic E-state index is 13.2. The molecule has 7 heteroatoms. The number of likely N-dealkylation sites (N-methyl/N-ethyl adjacent to an activating group) is 1. The van der Waals surface area contributed by atoms with Gasteiger partial charge in [0, 0.05) is 23.0 Å². The predicted octanol–water partition coefficient (Wildman–Crippen LogP) is 5.12. The van der Waals surface area contributed by atoms with Gasteiger partial charge in [0.2, 0.25) is 5.91 Å². The number of hydrogen-bond acceptors (Lipinski definition) is 5. The maximum absolute atomic E-state index is 13.2. The van der Waals surface area contributed by atoms with Crippen LogP contribution in [0.3, 0.4) is 0 Å². The van der Waals surface area contributed by atoms with Gasteiger partial charge in [-0.05, 0) is 62.7 Å². The van der Waals surface area contributed by atoms with Gasteiger partial charge in [-0.1, -0.05) is 35.1 Å². The zero-order valence-corrected chi connectivity index (χ0v) is 18.9. The van der Waals surface area contributed by atoms with Crippen LogP contribution in [0.2, 0.25) is 5.02 Å². The standard InChI is InChI=1S/C21H24ClN3OS2/c1-14-11-16(22)13-18-20(14)23-21(28-18)25(10-9-24(2)3)19(26)12-15-5-7-17(27-4)8-6-15/h5-8,11,13H,9-10,12H2,1-4H3. The molecule has 0 aliphatic rings. The molecular formula is C21H24ClN3OS2. The molecule has 148 valence electrons. The molecule has 0 N–H and O–H groups in total. The van der Waals surface area contributed by atoms with Crippen molar-refractivity contribution in [3.63, 3.8) is 0 Å². The van der Waals surface area contributed by atoms with Crippen LogP contribution in [-0.2, 0) is 11.2 Å². The third-order valence-electron chi connectivity index (χ3n) is 4.46. The third-order valence-corrected chi connectivity index (χ3v) is 6.44. The monoisotopic (exact) mass is 433 g/mol. The van der Waals surface area contributed by atoms with E-state index in [1.807, 2.05) is 51.5 Å². The molecule has 0 bridgehead atoms. The highest BCUT2D eigenvalue weighted by Crippen LogP contribution is 2.33. The lowest BCUT2D eigenvalue weighted by Gasteiger charge is -2.22. The highest BCUT2D eigenvalue weighted by Gasteiger charge is 2.21. The van der Waals surface area contributed by atoms with Crippen molar-refractivity contribution in [2.75, 3.05) is 38.3 Å². The van der Waals surface area contributed by atoms with E-state index in [4.69, 9.17) is 16.6 Å². The van der Waals surface area contributed by atoms with E-state index in [0.717, 1.165) is 33.0 Å². The fourth-order valence-corrected chi connectivity index (χ4v) is 4.77. The molecule has 1 amide bonds. The third kappa shape index (κ3) is 5.06. The minimum absolute atomic E-state index is 0.0570. The van der Waals surface area contributed by atoms with Crippen LogP contribution >= 0.6 is 34.7 Å². The molecule has 1 aromatic heterocycles. The number of aryl methyl sites for hydroxylation is 1. The fourth-order valence-electron chi connectivity index (χ4n) is 2.90. The summed E-state index contributed by atoms with van der Waals surface area (Å²) >= 11 is 9.41. The van der Waals surface area contributed by atoms with Crippen LogP contribution in [0.5, 0.6) is 0 Å². The Labute approximate surface area is 179 Å². The summed E-state index contributed by atoms with van der Waals surface area (Å²) in [6, 6.07) is 12.0. The van der Waals surface area contributed by atoms with E-state index >= 15 is 0 Å². The van der Waals surface area contributed by atoms with Crippen LogP contribution in [0.25, 0.3) is 10.2 Å². The van der Waals surface area contributed by atoms with Gasteiger partial charge < -0.3 is 4.90 Å². The number of benzene rings is 2. The number of fused-ring (bicyclic) bond motifs is 1. The summed E-state index contributed by atoms with van der Waals surface area (Å²) < 4.78 is 1.01. The van der Waals surface area contributed by atoms with Crippen molar-refractivity contribution in [2.24, 2.45) is 0 Å². The minimum Gasteiger partial charge on any atom is -0.308 e. The second-order valence-corrected chi connectivity index (χ2v) is 9.26. The number of hydrogen-bond donors (Lipinski definition) is 0. The Balaban J connectivity index is 1.89. The number of carbonyl (C=O) groups is 1. The van der Waals surface area contributed by atoms with E-state index in [9.17, 15) is 4.79 Å². The van der Waals surface area contributed by atoms with Crippen molar-refractivity contribution in [2.45, 2.75) is 18.2 Å². The molecule has 28 heavy (non-hydrogen) atoms. The van der Waals surface area contributed by atoms with E-state index < -0.39 is 0 Å². The van der Waals surface area contributed by atoms with Crippen molar-refractivity contribution in [1.29, 1.82) is 0 Å². The molecule has 0 fully saturated rings. The van der Waals surface area contributed by atoms with Crippen LogP contribution in [0.1, 0.15) is 11.1 Å². The number of nitrogens with zero attached hydrogens (tertiary/aromatic N) is 3. The number of rotatable bonds is 7. The SMILES string of the molecule is CSc1ccc(CC(=O)N(CCN(C)C)c2nc3c(C)cc(Cl)cc3s2)cc1. The number of anilines is 1. The normalized spacial score (nSPS) is 11.4. The van der Waals surface area contributed by atoms with Crippen molar-refractivity contribution < 1.29 is 4.79 Å². The molecule has 2 aromatic carbocycles. The van der Waals surface area contributed by atoms with E-state index in [0.29, 0.717) is 18.0 Å². The number of amides is 1. The first-order chi connectivity index (χ1) is 13.4. The summed E-state index contributed by atoms with van der Waals surface area (Å²) in [5.41, 5.74) is 2.95. The smallest absolute Gasteiger partial charge is 0.233 e. The van der Waals surface area contributed by atoms with Crippen molar-refractivity contribution in [3.8, 4) is 0 Å². The molecular weight excluding hydrogens is 410 g/mol. The summed E-state index contributed by atoms with van der Waals surface area (Å²) in [7, 11) is 4.01. The average Bonchev–Trinajstić information content (AvgIpc) is 3.06. The zero-order chi connectivity index (χ0) is 20.3. The van der Waals surface area contributed by atoms with Gasteiger partial charge in [-0.15, -0.1) is 11.8 Å². The van der Waals surface area contributed by atoms with Crippen molar-refractivity contribution in [1.82, 2.24) is 9.88 Å². The summed E-state index contributed by atoms with van der Waals surface area (Å²) in [5, 5.41) is 1.42. The van der Waals surface area contributed by atoms with Gasteiger partial charge >= 0.3 is 0 Å². The van der Waals surface area contributed by atoms with Crippen LogP contribution < -0.4 is 4.90 Å². The van der Waals surface area contributed by atoms with Gasteiger partial charge in [-0.3, -0.25) is 9.69 Å². The first-order valence-corrected chi connectivity index (χ1v) is 11.4. The first-order valence-electron chi connectivity index (χ1n) is 9.02. The van der Waals surface area contributed by atoms with E-state index in [-0.39, 0.29) is 5.91 Å². The number of halogens is 1. The van der Waals surface area contributed by atoms with Crippen LogP contribution in [0.4, 0.5) is 5.13 Å². The quantitative estimate of drug-likeness (QED) is 0.484. The van der Waals surface area contributed by atoms with Crippen LogP contribution in [0, 0.1) is 6.92 Å². The van der Waals surface area contributed by atoms with Gasteiger partial charge in [-0.25, -0.2) is 4.98 Å². The molecule has 0 radical (unpaired) electrons. The number of aromatic nitrogens is 1. The summed E-state index contributed by atoms with van der Waals surface area (Å²) in [5.74, 6) is 0.0570. The summed E-state index contributed by atoms with van der Waals surface area (Å²) in [6.07, 6.45) is 2.41. The van der Waals surface area contributed by atoms with Crippen molar-refractivity contribution in [3.05, 3.63) is 52.5 Å². The van der Waals surface area contributed by atoms with Crippen LogP contribution in [0.15, 0.2) is 41.3 Å². The Morgan fingerprint density at radius 2 is 1.89 bits per heavy atom. The van der Waals surface area contributed by atoms with Gasteiger partial charge in [0.1, 0.15) is 0 Å². The Bertz CT molecular complexity index is 970. The lowest BCUT2D eigenvalue weighted by atomic mass is 10.1. The second-order valence-electron chi connectivity index (χ2n) is 6.94. The van der Waals surface area contributed by atoms with Gasteiger partial charge in [-0.2, -0.15) is 0 Å². The summed E-state index contributed by atoms with van der Waals surface area (Å²) in [4.78, 5) is 23.0. The lowest BCUT2D eigenvalue weighted by Crippen LogP contribution is -2.37. The molecule has 3 rings (SSSR count). The molecule has 0 unspecified atom stereocenters. The molecule has 0 aliphatic carbocycles. The molecule has 0 spiro atoms. The molecule has 0 saturated carbocycles. The number of thioether (sulfide) groups is 1. The van der Waals surface area contributed by atoms with Crippen molar-refractivity contribution >= 4 is 56.0 Å². The largest absolute Gasteiger partial charge is 0.308 e. The fraction of sp³-hybridized carbons (Fsp3) is 0.333. The van der Waals surface area contributed by atoms with E-state index in [2.05, 4.69) is 17.0 Å². The lowest BCUT2D eigenvalue weighted by molar-refractivity contribution is -0.118. The molecule has 3 aromatic rings. The average molecular weight is 434 g/mol. The number of thiazole rings is 1. The topological polar surface area (TPSA) is 36.4 Å². The maximum Gasteiger partial charge on any atom is 0.233 e. The Kier molecular flexibility index (Phi) is 6.99. The molecule has 0 aliphatic heterocycles. The van der Waals surface area contributed by atoms with Gasteiger partial charge in [0.25, 0.3) is 0 Å². The van der Waals surface area contributed by atoms with E-state index in [1.165, 1.54) is 16.2 Å². The Morgan fingerprint density at radius 3 is 2.54 bits per heavy atom. The van der Waals surface area contributed by atoms with Crippen LogP contribution in [-0.4, -0.2) is 49.2 Å². The van der Waals surface area contributed by atoms with E-state index in [1.54, 1.807) is 16.7 Å². The zero-order valence-electron chi connectivity index (χ0n) is 16.5. The number of carbonyl (C=O) groups excluding carboxylic acids is 1. The minimum atomic E-state index is 0.0570. The first kappa shape index (κ1) is 21.1. The predicted molar refractivity (Wildman–Crippen MR) is 122 cm³/mol. The molecule has 0 atom stereocenters. The molecule has 0 saturated heterocycles. The summed E-state index contributed by atoms with van der Waals surface area (Å²) in [6.45, 7) is 3.37.